The van der Waals surface area contributed by atoms with Crippen molar-refractivity contribution in [3.8, 4) is 11.1 Å². The normalized spacial score (nSPS) is 13.5. The highest BCUT2D eigenvalue weighted by atomic mass is 19.1. The van der Waals surface area contributed by atoms with Crippen LogP contribution in [0.25, 0.3) is 22.2 Å². The third-order valence-corrected chi connectivity index (χ3v) is 10.1. The van der Waals surface area contributed by atoms with E-state index < -0.39 is 0 Å². The number of benzene rings is 3. The Balaban J connectivity index is 1.12. The van der Waals surface area contributed by atoms with Gasteiger partial charge in [-0.25, -0.2) is 14.1 Å². The van der Waals surface area contributed by atoms with Gasteiger partial charge in [0.2, 0.25) is 0 Å². The second kappa shape index (κ2) is 18.4. The number of rotatable bonds is 16. The second-order valence-electron chi connectivity index (χ2n) is 14.5. The maximum absolute atomic E-state index is 15.1. The molecule has 3 N–H and O–H groups in total. The fourth-order valence-corrected chi connectivity index (χ4v) is 6.96. The topological polar surface area (TPSA) is 117 Å². The molecule has 11 nitrogen and oxygen atoms in total. The molecule has 1 fully saturated rings. The van der Waals surface area contributed by atoms with Crippen LogP contribution in [0.15, 0.2) is 72.9 Å². The summed E-state index contributed by atoms with van der Waals surface area (Å²) in [6, 6.07) is 19.7. The molecule has 0 bridgehead atoms. The molecule has 0 atom stereocenters. The van der Waals surface area contributed by atoms with Crippen LogP contribution in [-0.2, 0) is 37.3 Å². The van der Waals surface area contributed by atoms with E-state index in [1.165, 1.54) is 6.07 Å². The molecule has 3 aromatic carbocycles. The van der Waals surface area contributed by atoms with Crippen LogP contribution in [0.2, 0.25) is 0 Å². The highest BCUT2D eigenvalue weighted by molar-refractivity contribution is 6.00. The Morgan fingerprint density at radius 1 is 0.891 bits per heavy atom. The summed E-state index contributed by atoms with van der Waals surface area (Å²) in [5, 5.41) is 15.3. The number of pyridine rings is 1. The fourth-order valence-electron chi connectivity index (χ4n) is 6.96. The monoisotopic (exact) mass is 748 g/mol. The standard InChI is InChI=1S/C43H53FN8O3/c1-6-39-36(40(48-34-16-20-55-21-17-34)37-27-47-52(7-2)41(37)49-39)26-46-43(54)33-13-9-12-32(24-33)42(53)45-25-29-14-15-38(44)35(23-29)31-11-8-10-30(22-31)28-51(5)19-18-50(3)4/h8-15,22-24,27,34H,6-7,16-21,25-26,28H2,1-5H3,(H,45,53)(H,46,54)(H,48,49). The molecule has 0 saturated carbocycles. The van der Waals surface area contributed by atoms with E-state index in [4.69, 9.17) is 9.72 Å². The van der Waals surface area contributed by atoms with Crippen molar-refractivity contribution in [1.82, 2.24) is 35.2 Å². The lowest BCUT2D eigenvalue weighted by molar-refractivity contribution is 0.0904. The van der Waals surface area contributed by atoms with E-state index in [-0.39, 0.29) is 36.8 Å². The minimum absolute atomic E-state index is 0.197. The number of halogens is 1. The number of amides is 2. The Labute approximate surface area is 323 Å². The SMILES string of the molecule is CCc1nc2c(cnn2CC)c(NC2CCOCC2)c1CNC(=O)c1cccc(C(=O)NCc2ccc(F)c(-c3cccc(CN(C)CCN(C)C)c3)c2)c1. The van der Waals surface area contributed by atoms with Gasteiger partial charge >= 0.3 is 0 Å². The number of aryl methyl sites for hydroxylation is 2. The predicted molar refractivity (Wildman–Crippen MR) is 216 cm³/mol. The Kier molecular flexibility index (Phi) is 13.3. The summed E-state index contributed by atoms with van der Waals surface area (Å²) >= 11 is 0. The highest BCUT2D eigenvalue weighted by Crippen LogP contribution is 2.31. The molecule has 2 aromatic heterocycles. The average molecular weight is 749 g/mol. The quantitative estimate of drug-likeness (QED) is 0.108. The van der Waals surface area contributed by atoms with E-state index in [1.807, 2.05) is 36.0 Å². The van der Waals surface area contributed by atoms with Crippen molar-refractivity contribution in [2.24, 2.45) is 0 Å². The molecule has 3 heterocycles. The van der Waals surface area contributed by atoms with Gasteiger partial charge in [0.1, 0.15) is 5.82 Å². The number of hydrogen-bond acceptors (Lipinski definition) is 8. The summed E-state index contributed by atoms with van der Waals surface area (Å²) < 4.78 is 22.6. The highest BCUT2D eigenvalue weighted by Gasteiger charge is 2.22. The van der Waals surface area contributed by atoms with Gasteiger partial charge in [-0.15, -0.1) is 0 Å². The van der Waals surface area contributed by atoms with Crippen LogP contribution in [0.5, 0.6) is 0 Å². The molecule has 6 rings (SSSR count). The number of carbonyl (C=O) groups is 2. The van der Waals surface area contributed by atoms with Crippen LogP contribution in [-0.4, -0.2) is 89.9 Å². The van der Waals surface area contributed by atoms with Gasteiger partial charge < -0.3 is 30.5 Å². The third kappa shape index (κ3) is 9.93. The number of carbonyl (C=O) groups excluding carboxylic acids is 2. The van der Waals surface area contributed by atoms with Crippen molar-refractivity contribution in [1.29, 1.82) is 0 Å². The first-order valence-corrected chi connectivity index (χ1v) is 19.2. The number of fused-ring (bicyclic) bond motifs is 1. The van der Waals surface area contributed by atoms with E-state index in [0.717, 1.165) is 77.1 Å². The largest absolute Gasteiger partial charge is 0.381 e. The first-order valence-electron chi connectivity index (χ1n) is 19.2. The average Bonchev–Trinajstić information content (AvgIpc) is 3.62. The second-order valence-corrected chi connectivity index (χ2v) is 14.5. The van der Waals surface area contributed by atoms with Crippen molar-refractivity contribution in [2.45, 2.75) is 65.3 Å². The molecule has 0 spiro atoms. The minimum atomic E-state index is -0.331. The maximum atomic E-state index is 15.1. The Hall–Kier alpha value is -5.17. The predicted octanol–water partition coefficient (Wildman–Crippen LogP) is 6.26. The number of anilines is 1. The summed E-state index contributed by atoms with van der Waals surface area (Å²) in [5.74, 6) is -0.953. The van der Waals surface area contributed by atoms with Crippen molar-refractivity contribution in [2.75, 3.05) is 52.8 Å². The molecular formula is C43H53FN8O3. The number of nitrogens with one attached hydrogen (secondary N) is 3. The zero-order valence-corrected chi connectivity index (χ0v) is 32.6. The van der Waals surface area contributed by atoms with Crippen LogP contribution in [0.1, 0.15) is 69.8 Å². The number of ether oxygens (including phenoxy) is 1. The minimum Gasteiger partial charge on any atom is -0.381 e. The summed E-state index contributed by atoms with van der Waals surface area (Å²) in [4.78, 5) is 36.3. The van der Waals surface area contributed by atoms with Gasteiger partial charge in [0.25, 0.3) is 11.8 Å². The zero-order valence-electron chi connectivity index (χ0n) is 32.6. The first-order chi connectivity index (χ1) is 26.6. The molecular weight excluding hydrogens is 696 g/mol. The van der Waals surface area contributed by atoms with Gasteiger partial charge in [0.15, 0.2) is 5.65 Å². The van der Waals surface area contributed by atoms with Crippen LogP contribution >= 0.6 is 0 Å². The third-order valence-electron chi connectivity index (χ3n) is 10.1. The fraction of sp³-hybridized carbons (Fsp3) is 0.395. The number of nitrogens with zero attached hydrogens (tertiary/aromatic N) is 5. The number of likely N-dealkylation sites (N-methyl/N-ethyl adjacent to an activating group) is 2. The van der Waals surface area contributed by atoms with Crippen LogP contribution in [0.4, 0.5) is 10.1 Å². The smallest absolute Gasteiger partial charge is 0.251 e. The van der Waals surface area contributed by atoms with Gasteiger partial charge in [-0.1, -0.05) is 37.3 Å². The van der Waals surface area contributed by atoms with Crippen molar-refractivity contribution in [3.63, 3.8) is 0 Å². The van der Waals surface area contributed by atoms with E-state index in [1.54, 1.807) is 36.4 Å². The summed E-state index contributed by atoms with van der Waals surface area (Å²) in [7, 11) is 6.19. The van der Waals surface area contributed by atoms with Gasteiger partial charge in [-0.3, -0.25) is 9.59 Å². The van der Waals surface area contributed by atoms with Crippen molar-refractivity contribution in [3.05, 3.63) is 112 Å². The van der Waals surface area contributed by atoms with Crippen LogP contribution < -0.4 is 16.0 Å². The molecule has 0 unspecified atom stereocenters. The van der Waals surface area contributed by atoms with Gasteiger partial charge in [-0.2, -0.15) is 5.10 Å². The van der Waals surface area contributed by atoms with Crippen molar-refractivity contribution < 1.29 is 18.7 Å². The van der Waals surface area contributed by atoms with Crippen LogP contribution in [0.3, 0.4) is 0 Å². The lowest BCUT2D eigenvalue weighted by Gasteiger charge is -2.26. The van der Waals surface area contributed by atoms with Crippen molar-refractivity contribution >= 4 is 28.5 Å². The van der Waals surface area contributed by atoms with E-state index in [9.17, 15) is 9.59 Å². The maximum Gasteiger partial charge on any atom is 0.251 e. The lowest BCUT2D eigenvalue weighted by atomic mass is 10.00. The molecule has 12 heteroatoms. The molecule has 0 aliphatic carbocycles. The van der Waals surface area contributed by atoms with Gasteiger partial charge in [0, 0.05) is 86.5 Å². The molecule has 0 radical (unpaired) electrons. The number of hydrogen-bond donors (Lipinski definition) is 3. The summed E-state index contributed by atoms with van der Waals surface area (Å²) in [5.41, 5.74) is 7.44. The first kappa shape index (κ1) is 39.5. The molecule has 55 heavy (non-hydrogen) atoms. The molecule has 5 aromatic rings. The van der Waals surface area contributed by atoms with Gasteiger partial charge in [-0.05, 0) is 100 Å². The van der Waals surface area contributed by atoms with E-state index >= 15 is 4.39 Å². The summed E-state index contributed by atoms with van der Waals surface area (Å²) in [6.45, 7) is 9.29. The Bertz CT molecular complexity index is 2110. The molecule has 2 amide bonds. The molecule has 1 aliphatic rings. The molecule has 1 aliphatic heterocycles. The summed E-state index contributed by atoms with van der Waals surface area (Å²) in [6.07, 6.45) is 4.31. The van der Waals surface area contributed by atoms with E-state index in [2.05, 4.69) is 65.0 Å². The van der Waals surface area contributed by atoms with Crippen LogP contribution in [0, 0.1) is 5.82 Å². The molecule has 290 valence electrons. The lowest BCUT2D eigenvalue weighted by Crippen LogP contribution is -2.30. The van der Waals surface area contributed by atoms with Gasteiger partial charge in [0.05, 0.1) is 17.3 Å². The Morgan fingerprint density at radius 2 is 1.62 bits per heavy atom. The Morgan fingerprint density at radius 3 is 2.33 bits per heavy atom. The molecule has 1 saturated heterocycles. The number of aromatic nitrogens is 3. The zero-order chi connectivity index (χ0) is 38.9. The van der Waals surface area contributed by atoms with E-state index in [0.29, 0.717) is 42.9 Å².